The van der Waals surface area contributed by atoms with Crippen molar-refractivity contribution in [3.05, 3.63) is 21.4 Å². The maximum absolute atomic E-state index is 3.52. The van der Waals surface area contributed by atoms with Crippen LogP contribution in [-0.2, 0) is 13.1 Å². The Bertz CT molecular complexity index is 413. The summed E-state index contributed by atoms with van der Waals surface area (Å²) in [6, 6.07) is 2.44. The van der Waals surface area contributed by atoms with Gasteiger partial charge < -0.3 is 5.32 Å². The molecule has 1 aromatic heterocycles. The summed E-state index contributed by atoms with van der Waals surface area (Å²) in [6.45, 7) is 12.8. The zero-order valence-electron chi connectivity index (χ0n) is 14.1. The van der Waals surface area contributed by atoms with Crippen molar-refractivity contribution in [2.75, 3.05) is 19.6 Å². The Balaban J connectivity index is 1.87. The van der Waals surface area contributed by atoms with Crippen LogP contribution >= 0.6 is 11.3 Å². The van der Waals surface area contributed by atoms with Gasteiger partial charge in [0.15, 0.2) is 0 Å². The molecule has 0 radical (unpaired) electrons. The minimum Gasteiger partial charge on any atom is -0.312 e. The molecule has 0 aliphatic carbocycles. The van der Waals surface area contributed by atoms with Gasteiger partial charge in [0.2, 0.25) is 0 Å². The second-order valence-electron chi connectivity index (χ2n) is 6.45. The molecule has 0 bridgehead atoms. The molecule has 2 nitrogen and oxygen atoms in total. The first-order valence-electron chi connectivity index (χ1n) is 8.74. The lowest BCUT2D eigenvalue weighted by Crippen LogP contribution is -2.24. The molecule has 1 unspecified atom stereocenters. The van der Waals surface area contributed by atoms with Gasteiger partial charge in [-0.15, -0.1) is 11.3 Å². The normalized spacial score (nSPS) is 20.6. The lowest BCUT2D eigenvalue weighted by atomic mass is 9.98. The molecule has 3 heteroatoms. The summed E-state index contributed by atoms with van der Waals surface area (Å²) in [7, 11) is 0. The fraction of sp³-hybridized carbons (Fsp3) is 0.778. The zero-order valence-corrected chi connectivity index (χ0v) is 14.9. The molecule has 1 N–H and O–H groups in total. The molecule has 2 rings (SSSR count). The number of hydrogen-bond acceptors (Lipinski definition) is 3. The number of thiophene rings is 1. The van der Waals surface area contributed by atoms with E-state index < -0.39 is 0 Å². The van der Waals surface area contributed by atoms with Crippen molar-refractivity contribution in [3.63, 3.8) is 0 Å². The topological polar surface area (TPSA) is 15.3 Å². The van der Waals surface area contributed by atoms with Gasteiger partial charge in [-0.05, 0) is 69.8 Å². The van der Waals surface area contributed by atoms with Gasteiger partial charge in [0.1, 0.15) is 0 Å². The van der Waals surface area contributed by atoms with Crippen LogP contribution in [0.3, 0.4) is 0 Å². The van der Waals surface area contributed by atoms with Crippen molar-refractivity contribution < 1.29 is 0 Å². The Labute approximate surface area is 134 Å². The highest BCUT2D eigenvalue weighted by molar-refractivity contribution is 7.12. The van der Waals surface area contributed by atoms with E-state index in [0.29, 0.717) is 0 Å². The van der Waals surface area contributed by atoms with Gasteiger partial charge in [-0.3, -0.25) is 4.90 Å². The van der Waals surface area contributed by atoms with Crippen LogP contribution in [-0.4, -0.2) is 24.5 Å². The molecular weight excluding hydrogens is 276 g/mol. The van der Waals surface area contributed by atoms with Crippen LogP contribution in [0.15, 0.2) is 6.07 Å². The highest BCUT2D eigenvalue weighted by atomic mass is 32.1. The Morgan fingerprint density at radius 3 is 2.90 bits per heavy atom. The molecule has 1 aliphatic rings. The van der Waals surface area contributed by atoms with Crippen LogP contribution in [0.25, 0.3) is 0 Å². The van der Waals surface area contributed by atoms with Gasteiger partial charge >= 0.3 is 0 Å². The van der Waals surface area contributed by atoms with Gasteiger partial charge in [-0.1, -0.05) is 20.3 Å². The second-order valence-corrected chi connectivity index (χ2v) is 7.79. The number of aryl methyl sites for hydroxylation is 1. The van der Waals surface area contributed by atoms with Crippen LogP contribution in [0, 0.1) is 12.8 Å². The Hall–Kier alpha value is -0.380. The smallest absolute Gasteiger partial charge is 0.0299 e. The van der Waals surface area contributed by atoms with Crippen molar-refractivity contribution in [1.29, 1.82) is 0 Å². The molecule has 1 fully saturated rings. The fourth-order valence-corrected chi connectivity index (χ4v) is 4.28. The third kappa shape index (κ3) is 5.39. The minimum absolute atomic E-state index is 0.965. The monoisotopic (exact) mass is 308 g/mol. The van der Waals surface area contributed by atoms with Crippen molar-refractivity contribution in [1.82, 2.24) is 10.2 Å². The van der Waals surface area contributed by atoms with E-state index in [1.807, 2.05) is 11.3 Å². The first-order chi connectivity index (χ1) is 10.2. The standard InChI is InChI=1S/C18H32N2S/c1-4-9-19-13-18-12-17(15(3)21-18)14-20-10-6-7-16(5-2)8-11-20/h12,16,19H,4-11,13-14H2,1-3H3. The third-order valence-corrected chi connectivity index (χ3v) is 5.80. The summed E-state index contributed by atoms with van der Waals surface area (Å²) < 4.78 is 0. The number of rotatable bonds is 7. The Morgan fingerprint density at radius 2 is 2.14 bits per heavy atom. The van der Waals surface area contributed by atoms with E-state index in [1.54, 1.807) is 5.56 Å². The number of likely N-dealkylation sites (tertiary alicyclic amines) is 1. The molecular formula is C18H32N2S. The summed E-state index contributed by atoms with van der Waals surface area (Å²) in [5.74, 6) is 0.965. The molecule has 0 amide bonds. The summed E-state index contributed by atoms with van der Waals surface area (Å²) in [6.07, 6.45) is 6.78. The number of nitrogens with one attached hydrogen (secondary N) is 1. The molecule has 0 spiro atoms. The molecule has 120 valence electrons. The van der Waals surface area contributed by atoms with Crippen LogP contribution in [0.4, 0.5) is 0 Å². The highest BCUT2D eigenvalue weighted by Gasteiger charge is 2.17. The molecule has 21 heavy (non-hydrogen) atoms. The summed E-state index contributed by atoms with van der Waals surface area (Å²) in [5, 5.41) is 3.52. The van der Waals surface area contributed by atoms with Crippen LogP contribution in [0.5, 0.6) is 0 Å². The quantitative estimate of drug-likeness (QED) is 0.742. The van der Waals surface area contributed by atoms with Gasteiger partial charge in [0.25, 0.3) is 0 Å². The van der Waals surface area contributed by atoms with E-state index >= 15 is 0 Å². The summed E-state index contributed by atoms with van der Waals surface area (Å²) in [4.78, 5) is 5.69. The van der Waals surface area contributed by atoms with Gasteiger partial charge in [0.05, 0.1) is 0 Å². The molecule has 0 saturated carbocycles. The Kier molecular flexibility index (Phi) is 7.21. The number of hydrogen-bond donors (Lipinski definition) is 1. The predicted octanol–water partition coefficient (Wildman–Crippen LogP) is 4.57. The van der Waals surface area contributed by atoms with Crippen molar-refractivity contribution in [2.24, 2.45) is 5.92 Å². The fourth-order valence-electron chi connectivity index (χ4n) is 3.25. The zero-order chi connectivity index (χ0) is 15.1. The average molecular weight is 309 g/mol. The lowest BCUT2D eigenvalue weighted by molar-refractivity contribution is 0.272. The second kappa shape index (κ2) is 8.92. The summed E-state index contributed by atoms with van der Waals surface area (Å²) in [5.41, 5.74) is 1.56. The van der Waals surface area contributed by atoms with Crippen molar-refractivity contribution in [2.45, 2.75) is 66.0 Å². The maximum atomic E-state index is 3.52. The van der Waals surface area contributed by atoms with E-state index in [4.69, 9.17) is 0 Å². The van der Waals surface area contributed by atoms with Crippen LogP contribution in [0.2, 0.25) is 0 Å². The maximum Gasteiger partial charge on any atom is 0.0299 e. The molecule has 1 aromatic rings. The van der Waals surface area contributed by atoms with E-state index in [2.05, 4.69) is 37.1 Å². The van der Waals surface area contributed by atoms with E-state index in [9.17, 15) is 0 Å². The van der Waals surface area contributed by atoms with Gasteiger partial charge in [-0.25, -0.2) is 0 Å². The molecule has 2 heterocycles. The molecule has 1 saturated heterocycles. The average Bonchev–Trinajstić information content (AvgIpc) is 2.69. The van der Waals surface area contributed by atoms with Crippen LogP contribution < -0.4 is 5.32 Å². The predicted molar refractivity (Wildman–Crippen MR) is 94.0 cm³/mol. The van der Waals surface area contributed by atoms with Crippen molar-refractivity contribution >= 4 is 11.3 Å². The van der Waals surface area contributed by atoms with Crippen LogP contribution in [0.1, 0.15) is 61.3 Å². The molecule has 0 aromatic carbocycles. The highest BCUT2D eigenvalue weighted by Crippen LogP contribution is 2.25. The van der Waals surface area contributed by atoms with Crippen molar-refractivity contribution in [3.8, 4) is 0 Å². The van der Waals surface area contributed by atoms with E-state index in [1.165, 1.54) is 54.9 Å². The third-order valence-electron chi connectivity index (χ3n) is 4.71. The number of nitrogens with zero attached hydrogens (tertiary/aromatic N) is 1. The van der Waals surface area contributed by atoms with E-state index in [-0.39, 0.29) is 0 Å². The summed E-state index contributed by atoms with van der Waals surface area (Å²) >= 11 is 1.97. The lowest BCUT2D eigenvalue weighted by Gasteiger charge is -2.20. The van der Waals surface area contributed by atoms with Gasteiger partial charge in [0, 0.05) is 22.8 Å². The molecule has 1 atom stereocenters. The first-order valence-corrected chi connectivity index (χ1v) is 9.55. The largest absolute Gasteiger partial charge is 0.312 e. The van der Waals surface area contributed by atoms with Gasteiger partial charge in [-0.2, -0.15) is 0 Å². The first kappa shape index (κ1) is 17.0. The Morgan fingerprint density at radius 1 is 1.29 bits per heavy atom. The SMILES string of the molecule is CCCNCc1cc(CN2CCCC(CC)CC2)c(C)s1. The van der Waals surface area contributed by atoms with E-state index in [0.717, 1.165) is 25.6 Å². The minimum atomic E-state index is 0.965. The molecule has 1 aliphatic heterocycles.